The van der Waals surface area contributed by atoms with Gasteiger partial charge in [-0.2, -0.15) is 0 Å². The van der Waals surface area contributed by atoms with Gasteiger partial charge in [-0.15, -0.1) is 0 Å². The second-order valence-corrected chi connectivity index (χ2v) is 5.21. The average Bonchev–Trinajstić information content (AvgIpc) is 2.48. The van der Waals surface area contributed by atoms with E-state index in [2.05, 4.69) is 4.98 Å². The Labute approximate surface area is 123 Å². The quantitative estimate of drug-likeness (QED) is 0.480. The van der Waals surface area contributed by atoms with E-state index in [1.54, 1.807) is 6.92 Å². The fourth-order valence-corrected chi connectivity index (χ4v) is 2.65. The number of methoxy groups -OCH3 is 1. The van der Waals surface area contributed by atoms with Crippen molar-refractivity contribution >= 4 is 17.5 Å². The van der Waals surface area contributed by atoms with Crippen LogP contribution >= 0.6 is 0 Å². The predicted molar refractivity (Wildman–Crippen MR) is 77.2 cm³/mol. The van der Waals surface area contributed by atoms with E-state index in [9.17, 15) is 14.9 Å². The van der Waals surface area contributed by atoms with Gasteiger partial charge in [0.15, 0.2) is 0 Å². The van der Waals surface area contributed by atoms with Crippen LogP contribution < -0.4 is 4.90 Å². The smallest absolute Gasteiger partial charge is 0.307 e. The van der Waals surface area contributed by atoms with Crippen LogP contribution in [0.3, 0.4) is 0 Å². The molecule has 114 valence electrons. The Morgan fingerprint density at radius 3 is 3.00 bits per heavy atom. The summed E-state index contributed by atoms with van der Waals surface area (Å²) in [5.74, 6) is 0.286. The molecular weight excluding hydrogens is 274 g/mol. The Morgan fingerprint density at radius 1 is 1.57 bits per heavy atom. The summed E-state index contributed by atoms with van der Waals surface area (Å²) in [7, 11) is 1.37. The SMILES string of the molecule is COC(=O)CC1CCCCN1c1cc([N+](=O)[O-])c(C)cn1. The maximum absolute atomic E-state index is 11.5. The Kier molecular flexibility index (Phi) is 4.72. The lowest BCUT2D eigenvalue weighted by Crippen LogP contribution is -2.41. The third-order valence-corrected chi connectivity index (χ3v) is 3.81. The number of hydrogen-bond acceptors (Lipinski definition) is 6. The highest BCUT2D eigenvalue weighted by Gasteiger charge is 2.27. The summed E-state index contributed by atoms with van der Waals surface area (Å²) in [4.78, 5) is 28.4. The van der Waals surface area contributed by atoms with Gasteiger partial charge in [-0.05, 0) is 26.2 Å². The standard InChI is InChI=1S/C14H19N3O4/c1-10-9-15-13(8-12(10)17(19)20)16-6-4-3-5-11(16)7-14(18)21-2/h8-9,11H,3-7H2,1-2H3. The molecule has 2 rings (SSSR count). The Bertz CT molecular complexity index is 547. The number of carbonyl (C=O) groups is 1. The van der Waals surface area contributed by atoms with Gasteiger partial charge < -0.3 is 9.64 Å². The van der Waals surface area contributed by atoms with Crippen LogP contribution in [0.15, 0.2) is 12.3 Å². The third kappa shape index (κ3) is 3.48. The number of ether oxygens (including phenoxy) is 1. The molecule has 0 amide bonds. The molecule has 0 aliphatic carbocycles. The van der Waals surface area contributed by atoms with Gasteiger partial charge in [-0.1, -0.05) is 0 Å². The van der Waals surface area contributed by atoms with Crippen molar-refractivity contribution in [3.8, 4) is 0 Å². The Hall–Kier alpha value is -2.18. The Morgan fingerprint density at radius 2 is 2.33 bits per heavy atom. The lowest BCUT2D eigenvalue weighted by Gasteiger charge is -2.36. The van der Waals surface area contributed by atoms with Crippen molar-refractivity contribution in [2.24, 2.45) is 0 Å². The van der Waals surface area contributed by atoms with Crippen LogP contribution in [0.1, 0.15) is 31.2 Å². The molecule has 0 N–H and O–H groups in total. The minimum absolute atomic E-state index is 0.0130. The summed E-state index contributed by atoms with van der Waals surface area (Å²) in [5.41, 5.74) is 0.590. The summed E-state index contributed by atoms with van der Waals surface area (Å²) in [6, 6.07) is 1.48. The molecule has 1 unspecified atom stereocenters. The number of esters is 1. The second kappa shape index (κ2) is 6.51. The topological polar surface area (TPSA) is 85.6 Å². The number of aromatic nitrogens is 1. The molecule has 2 heterocycles. The van der Waals surface area contributed by atoms with Crippen molar-refractivity contribution in [3.63, 3.8) is 0 Å². The molecule has 0 bridgehead atoms. The number of piperidine rings is 1. The number of nitro groups is 1. The minimum Gasteiger partial charge on any atom is -0.469 e. The molecule has 0 spiro atoms. The van der Waals surface area contributed by atoms with E-state index in [1.807, 2.05) is 4.90 Å². The van der Waals surface area contributed by atoms with E-state index in [0.717, 1.165) is 25.8 Å². The monoisotopic (exact) mass is 293 g/mol. The molecule has 1 aromatic heterocycles. The third-order valence-electron chi connectivity index (χ3n) is 3.81. The maximum Gasteiger partial charge on any atom is 0.307 e. The molecule has 1 saturated heterocycles. The van der Waals surface area contributed by atoms with Crippen LogP contribution in [0, 0.1) is 17.0 Å². The van der Waals surface area contributed by atoms with Crippen LogP contribution in [-0.4, -0.2) is 35.6 Å². The van der Waals surface area contributed by atoms with Crippen molar-refractivity contribution < 1.29 is 14.5 Å². The number of pyridine rings is 1. The van der Waals surface area contributed by atoms with Crippen molar-refractivity contribution in [3.05, 3.63) is 27.9 Å². The molecule has 1 aromatic rings. The van der Waals surface area contributed by atoms with Crippen molar-refractivity contribution in [2.75, 3.05) is 18.6 Å². The molecule has 0 radical (unpaired) electrons. The number of aryl methyl sites for hydroxylation is 1. The first kappa shape index (κ1) is 15.2. The van der Waals surface area contributed by atoms with Gasteiger partial charge in [0.2, 0.25) is 0 Å². The van der Waals surface area contributed by atoms with Gasteiger partial charge in [0, 0.05) is 24.3 Å². The van der Waals surface area contributed by atoms with Gasteiger partial charge in [-0.25, -0.2) is 4.98 Å². The van der Waals surface area contributed by atoms with Crippen LogP contribution in [0.5, 0.6) is 0 Å². The number of anilines is 1. The van der Waals surface area contributed by atoms with E-state index in [0.29, 0.717) is 11.4 Å². The van der Waals surface area contributed by atoms with Crippen LogP contribution in [0.4, 0.5) is 11.5 Å². The predicted octanol–water partition coefficient (Wildman–Crippen LogP) is 2.22. The van der Waals surface area contributed by atoms with E-state index in [4.69, 9.17) is 4.74 Å². The van der Waals surface area contributed by atoms with Crippen LogP contribution in [0.2, 0.25) is 0 Å². The van der Waals surface area contributed by atoms with Crippen molar-refractivity contribution in [2.45, 2.75) is 38.6 Å². The minimum atomic E-state index is -0.403. The second-order valence-electron chi connectivity index (χ2n) is 5.21. The van der Waals surface area contributed by atoms with E-state index >= 15 is 0 Å². The summed E-state index contributed by atoms with van der Waals surface area (Å²) >= 11 is 0. The summed E-state index contributed by atoms with van der Waals surface area (Å²) in [6.07, 6.45) is 4.67. The zero-order valence-corrected chi connectivity index (χ0v) is 12.2. The fourth-order valence-electron chi connectivity index (χ4n) is 2.65. The molecule has 0 aromatic carbocycles. The largest absolute Gasteiger partial charge is 0.469 e. The first-order chi connectivity index (χ1) is 10.0. The molecule has 1 atom stereocenters. The van der Waals surface area contributed by atoms with E-state index < -0.39 is 4.92 Å². The number of carbonyl (C=O) groups excluding carboxylic acids is 1. The van der Waals surface area contributed by atoms with Crippen molar-refractivity contribution in [1.82, 2.24) is 4.98 Å². The maximum atomic E-state index is 11.5. The number of nitrogens with zero attached hydrogens (tertiary/aromatic N) is 3. The fraction of sp³-hybridized carbons (Fsp3) is 0.571. The molecule has 1 fully saturated rings. The highest BCUT2D eigenvalue weighted by molar-refractivity contribution is 5.70. The van der Waals surface area contributed by atoms with Gasteiger partial charge in [0.25, 0.3) is 5.69 Å². The molecule has 7 heteroatoms. The van der Waals surface area contributed by atoms with Gasteiger partial charge in [0.1, 0.15) is 5.82 Å². The van der Waals surface area contributed by atoms with Gasteiger partial charge >= 0.3 is 5.97 Å². The molecule has 0 saturated carbocycles. The highest BCUT2D eigenvalue weighted by Crippen LogP contribution is 2.29. The number of hydrogen-bond donors (Lipinski definition) is 0. The van der Waals surface area contributed by atoms with E-state index in [-0.39, 0.29) is 24.1 Å². The van der Waals surface area contributed by atoms with Gasteiger partial charge in [0.05, 0.1) is 24.5 Å². The lowest BCUT2D eigenvalue weighted by atomic mass is 9.99. The summed E-state index contributed by atoms with van der Waals surface area (Å²) < 4.78 is 4.72. The van der Waals surface area contributed by atoms with E-state index in [1.165, 1.54) is 19.4 Å². The van der Waals surface area contributed by atoms with Crippen molar-refractivity contribution in [1.29, 1.82) is 0 Å². The molecule has 1 aliphatic heterocycles. The number of rotatable bonds is 4. The zero-order valence-electron chi connectivity index (χ0n) is 12.2. The van der Waals surface area contributed by atoms with Gasteiger partial charge in [-0.3, -0.25) is 14.9 Å². The van der Waals surface area contributed by atoms with Crippen LogP contribution in [0.25, 0.3) is 0 Å². The lowest BCUT2D eigenvalue weighted by molar-refractivity contribution is -0.385. The molecule has 7 nitrogen and oxygen atoms in total. The first-order valence-electron chi connectivity index (χ1n) is 6.97. The molecule has 1 aliphatic rings. The summed E-state index contributed by atoms with van der Waals surface area (Å²) in [6.45, 7) is 2.41. The highest BCUT2D eigenvalue weighted by atomic mass is 16.6. The average molecular weight is 293 g/mol. The molecule has 21 heavy (non-hydrogen) atoms. The molecular formula is C14H19N3O4. The summed E-state index contributed by atoms with van der Waals surface area (Å²) in [5, 5.41) is 11.0. The van der Waals surface area contributed by atoms with Crippen LogP contribution in [-0.2, 0) is 9.53 Å². The normalized spacial score (nSPS) is 18.4. The Balaban J connectivity index is 2.26. The first-order valence-corrected chi connectivity index (χ1v) is 6.97. The zero-order chi connectivity index (χ0) is 15.4.